The van der Waals surface area contributed by atoms with Gasteiger partial charge in [0.2, 0.25) is 0 Å². The third kappa shape index (κ3) is 3.02. The van der Waals surface area contributed by atoms with Crippen molar-refractivity contribution in [2.75, 3.05) is 5.32 Å². The van der Waals surface area contributed by atoms with Crippen molar-refractivity contribution < 1.29 is 0 Å². The highest BCUT2D eigenvalue weighted by molar-refractivity contribution is 9.10. The Kier molecular flexibility index (Phi) is 4.66. The van der Waals surface area contributed by atoms with E-state index in [1.54, 1.807) is 6.20 Å². The Bertz CT molecular complexity index is 500. The molecule has 1 N–H and O–H groups in total. The van der Waals surface area contributed by atoms with Crippen molar-refractivity contribution in [2.24, 2.45) is 11.8 Å². The summed E-state index contributed by atoms with van der Waals surface area (Å²) in [7, 11) is 0. The predicted molar refractivity (Wildman–Crippen MR) is 81.5 cm³/mol. The summed E-state index contributed by atoms with van der Waals surface area (Å²) in [5.41, 5.74) is 0.772. The number of nitrogens with one attached hydrogen (secondary N) is 1. The van der Waals surface area contributed by atoms with E-state index in [1.165, 1.54) is 11.1 Å². The summed E-state index contributed by atoms with van der Waals surface area (Å²) < 4.78 is 2.11. The van der Waals surface area contributed by atoms with Gasteiger partial charge >= 0.3 is 0 Å². The Morgan fingerprint density at radius 2 is 2.21 bits per heavy atom. The predicted octanol–water partition coefficient (Wildman–Crippen LogP) is 3.26. The normalized spacial score (nSPS) is 26.6. The third-order valence-corrected chi connectivity index (χ3v) is 4.99. The zero-order valence-electron chi connectivity index (χ0n) is 11.8. The van der Waals surface area contributed by atoms with E-state index in [2.05, 4.69) is 40.2 Å². The van der Waals surface area contributed by atoms with Crippen LogP contribution in [0.5, 0.6) is 0 Å². The van der Waals surface area contributed by atoms with Gasteiger partial charge in [0, 0.05) is 12.6 Å². The molecule has 5 heteroatoms. The molecule has 0 aromatic carbocycles. The number of aromatic nitrogens is 2. The summed E-state index contributed by atoms with van der Waals surface area (Å²) in [6.45, 7) is 7.26. The molecule has 3 atom stereocenters. The standard InChI is InChI=1S/C14H22BrN3O/c1-4-7-18-14(19)13(15)12(8-16-18)17-11-6-5-9(2)10(11)3/h8-11,17H,4-7H2,1-3H3. The van der Waals surface area contributed by atoms with Crippen LogP contribution in [0, 0.1) is 11.8 Å². The Labute approximate surface area is 122 Å². The molecule has 0 radical (unpaired) electrons. The molecule has 0 spiro atoms. The number of hydrogen-bond acceptors (Lipinski definition) is 3. The zero-order valence-corrected chi connectivity index (χ0v) is 13.4. The number of rotatable bonds is 4. The molecule has 3 unspecified atom stereocenters. The fourth-order valence-electron chi connectivity index (χ4n) is 2.70. The highest BCUT2D eigenvalue weighted by Gasteiger charge is 2.30. The Morgan fingerprint density at radius 1 is 1.47 bits per heavy atom. The maximum absolute atomic E-state index is 12.1. The average molecular weight is 328 g/mol. The van der Waals surface area contributed by atoms with E-state index in [1.807, 2.05) is 6.92 Å². The monoisotopic (exact) mass is 327 g/mol. The Morgan fingerprint density at radius 3 is 2.79 bits per heavy atom. The smallest absolute Gasteiger partial charge is 0.283 e. The second kappa shape index (κ2) is 6.07. The summed E-state index contributed by atoms with van der Waals surface area (Å²) in [6, 6.07) is 0.439. The summed E-state index contributed by atoms with van der Waals surface area (Å²) >= 11 is 3.41. The first-order chi connectivity index (χ1) is 9.04. The fourth-order valence-corrected chi connectivity index (χ4v) is 3.13. The van der Waals surface area contributed by atoms with E-state index < -0.39 is 0 Å². The van der Waals surface area contributed by atoms with Gasteiger partial charge in [-0.15, -0.1) is 0 Å². The molecule has 1 aromatic rings. The molecule has 0 bridgehead atoms. The zero-order chi connectivity index (χ0) is 14.0. The lowest BCUT2D eigenvalue weighted by Crippen LogP contribution is -2.28. The maximum Gasteiger partial charge on any atom is 0.283 e. The minimum absolute atomic E-state index is 0.0504. The number of aryl methyl sites for hydroxylation is 1. The van der Waals surface area contributed by atoms with E-state index in [9.17, 15) is 4.79 Å². The molecule has 1 heterocycles. The van der Waals surface area contributed by atoms with Crippen molar-refractivity contribution in [1.82, 2.24) is 9.78 Å². The summed E-state index contributed by atoms with van der Waals surface area (Å²) in [4.78, 5) is 12.1. The molecule has 1 aromatic heterocycles. The van der Waals surface area contributed by atoms with Crippen LogP contribution in [-0.4, -0.2) is 15.8 Å². The first kappa shape index (κ1) is 14.6. The maximum atomic E-state index is 12.1. The molecule has 1 fully saturated rings. The molecule has 1 saturated carbocycles. The summed E-state index contributed by atoms with van der Waals surface area (Å²) in [6.07, 6.45) is 5.07. The first-order valence-electron chi connectivity index (χ1n) is 7.06. The quantitative estimate of drug-likeness (QED) is 0.923. The number of anilines is 1. The molecular formula is C14H22BrN3O. The molecule has 106 valence electrons. The molecule has 0 aliphatic heterocycles. The number of hydrogen-bond donors (Lipinski definition) is 1. The van der Waals surface area contributed by atoms with E-state index in [0.29, 0.717) is 23.0 Å². The first-order valence-corrected chi connectivity index (χ1v) is 7.86. The van der Waals surface area contributed by atoms with Crippen LogP contribution >= 0.6 is 15.9 Å². The van der Waals surface area contributed by atoms with Crippen molar-refractivity contribution in [3.8, 4) is 0 Å². The topological polar surface area (TPSA) is 46.9 Å². The largest absolute Gasteiger partial charge is 0.380 e. The minimum atomic E-state index is -0.0504. The van der Waals surface area contributed by atoms with Crippen molar-refractivity contribution in [2.45, 2.75) is 52.6 Å². The lowest BCUT2D eigenvalue weighted by Gasteiger charge is -2.21. The summed E-state index contributed by atoms with van der Waals surface area (Å²) in [5, 5.41) is 7.70. The third-order valence-electron chi connectivity index (χ3n) is 4.23. The Balaban J connectivity index is 2.18. The molecule has 4 nitrogen and oxygen atoms in total. The molecule has 0 saturated heterocycles. The molecule has 2 rings (SSSR count). The van der Waals surface area contributed by atoms with E-state index in [4.69, 9.17) is 0 Å². The lowest BCUT2D eigenvalue weighted by atomic mass is 9.98. The highest BCUT2D eigenvalue weighted by atomic mass is 79.9. The molecule has 19 heavy (non-hydrogen) atoms. The fraction of sp³-hybridized carbons (Fsp3) is 0.714. The van der Waals surface area contributed by atoms with Crippen LogP contribution in [0.1, 0.15) is 40.0 Å². The Hall–Kier alpha value is -0.840. The van der Waals surface area contributed by atoms with E-state index >= 15 is 0 Å². The van der Waals surface area contributed by atoms with Gasteiger partial charge in [-0.1, -0.05) is 20.8 Å². The molecule has 0 amide bonds. The highest BCUT2D eigenvalue weighted by Crippen LogP contribution is 2.33. The van der Waals surface area contributed by atoms with Crippen molar-refractivity contribution in [3.05, 3.63) is 21.0 Å². The van der Waals surface area contributed by atoms with Crippen LogP contribution in [0.25, 0.3) is 0 Å². The van der Waals surface area contributed by atoms with Gasteiger partial charge in [0.05, 0.1) is 11.9 Å². The van der Waals surface area contributed by atoms with Gasteiger partial charge in [0.25, 0.3) is 5.56 Å². The number of nitrogens with zero attached hydrogens (tertiary/aromatic N) is 2. The van der Waals surface area contributed by atoms with Gasteiger partial charge in [-0.3, -0.25) is 4.79 Å². The molecule has 1 aliphatic rings. The van der Waals surface area contributed by atoms with Crippen LogP contribution < -0.4 is 10.9 Å². The van der Waals surface area contributed by atoms with Crippen molar-refractivity contribution in [1.29, 1.82) is 0 Å². The van der Waals surface area contributed by atoms with Crippen LogP contribution in [0.15, 0.2) is 15.5 Å². The van der Waals surface area contributed by atoms with Crippen LogP contribution in [0.4, 0.5) is 5.69 Å². The molecular weight excluding hydrogens is 306 g/mol. The van der Waals surface area contributed by atoms with Crippen molar-refractivity contribution in [3.63, 3.8) is 0 Å². The second-order valence-corrected chi connectivity index (χ2v) is 6.36. The van der Waals surface area contributed by atoms with Crippen LogP contribution in [0.2, 0.25) is 0 Å². The van der Waals surface area contributed by atoms with Crippen LogP contribution in [-0.2, 0) is 6.54 Å². The minimum Gasteiger partial charge on any atom is -0.380 e. The molecule has 1 aliphatic carbocycles. The lowest BCUT2D eigenvalue weighted by molar-refractivity contribution is 0.435. The van der Waals surface area contributed by atoms with Crippen molar-refractivity contribution >= 4 is 21.6 Å². The van der Waals surface area contributed by atoms with E-state index in [-0.39, 0.29) is 5.56 Å². The number of halogens is 1. The van der Waals surface area contributed by atoms with Gasteiger partial charge in [0.15, 0.2) is 0 Å². The van der Waals surface area contributed by atoms with Gasteiger partial charge < -0.3 is 5.32 Å². The van der Waals surface area contributed by atoms with Crippen LogP contribution in [0.3, 0.4) is 0 Å². The van der Waals surface area contributed by atoms with Gasteiger partial charge in [-0.25, -0.2) is 4.68 Å². The second-order valence-electron chi connectivity index (χ2n) is 5.57. The SMILES string of the molecule is CCCn1ncc(NC2CCC(C)C2C)c(Br)c1=O. The van der Waals surface area contributed by atoms with Gasteiger partial charge in [-0.2, -0.15) is 5.10 Å². The van der Waals surface area contributed by atoms with Gasteiger partial charge in [-0.05, 0) is 47.0 Å². The van der Waals surface area contributed by atoms with Gasteiger partial charge in [0.1, 0.15) is 4.47 Å². The summed E-state index contributed by atoms with van der Waals surface area (Å²) in [5.74, 6) is 1.37. The average Bonchev–Trinajstić information content (AvgIpc) is 2.70. The van der Waals surface area contributed by atoms with E-state index in [0.717, 1.165) is 24.4 Å².